The average molecular weight is 250 g/mol. The summed E-state index contributed by atoms with van der Waals surface area (Å²) < 4.78 is 0. The van der Waals surface area contributed by atoms with Gasteiger partial charge in [-0.25, -0.2) is 0 Å². The summed E-state index contributed by atoms with van der Waals surface area (Å²) in [5.74, 6) is -0.0584. The number of hydrogen-bond donors (Lipinski definition) is 3. The minimum atomic E-state index is -0.481. The number of nitrogen functional groups attached to an aromatic ring is 1. The Balaban J connectivity index is 2.14. The van der Waals surface area contributed by atoms with E-state index in [4.69, 9.17) is 5.73 Å². The van der Waals surface area contributed by atoms with E-state index in [1.807, 2.05) is 6.92 Å². The molecule has 5 nitrogen and oxygen atoms in total. The second-order valence-corrected chi connectivity index (χ2v) is 4.86. The third kappa shape index (κ3) is 2.41. The van der Waals surface area contributed by atoms with Gasteiger partial charge in [-0.2, -0.15) is 0 Å². The number of carbonyl (C=O) groups is 1. The third-order valence-corrected chi connectivity index (χ3v) is 3.48. The van der Waals surface area contributed by atoms with E-state index < -0.39 is 6.10 Å². The Kier molecular flexibility index (Phi) is 3.43. The van der Waals surface area contributed by atoms with E-state index in [-0.39, 0.29) is 23.3 Å². The van der Waals surface area contributed by atoms with E-state index in [1.165, 1.54) is 12.1 Å². The summed E-state index contributed by atoms with van der Waals surface area (Å²) in [5, 5.41) is 19.3. The predicted molar refractivity (Wildman–Crippen MR) is 68.2 cm³/mol. The Morgan fingerprint density at radius 1 is 1.50 bits per heavy atom. The molecule has 1 heterocycles. The molecule has 1 aromatic carbocycles. The Labute approximate surface area is 106 Å². The Morgan fingerprint density at radius 2 is 2.22 bits per heavy atom. The second kappa shape index (κ2) is 4.86. The molecule has 98 valence electrons. The molecule has 2 atom stereocenters. The molecule has 0 spiro atoms. The topological polar surface area (TPSA) is 86.8 Å². The maximum absolute atomic E-state index is 12.2. The van der Waals surface area contributed by atoms with Crippen molar-refractivity contribution in [1.82, 2.24) is 4.90 Å². The van der Waals surface area contributed by atoms with Crippen molar-refractivity contribution in [1.29, 1.82) is 0 Å². The summed E-state index contributed by atoms with van der Waals surface area (Å²) >= 11 is 0. The molecule has 4 N–H and O–H groups in total. The van der Waals surface area contributed by atoms with Gasteiger partial charge in [0.1, 0.15) is 5.75 Å². The van der Waals surface area contributed by atoms with Crippen LogP contribution in [-0.2, 0) is 0 Å². The smallest absolute Gasteiger partial charge is 0.254 e. The van der Waals surface area contributed by atoms with Gasteiger partial charge in [-0.1, -0.05) is 6.92 Å². The molecule has 1 fully saturated rings. The standard InChI is InChI=1S/C13H18N2O3/c1-8-4-5-15(7-12(8)17)13(18)9-2-3-10(14)11(16)6-9/h2-3,6,8,12,16-17H,4-5,7,14H2,1H3. The summed E-state index contributed by atoms with van der Waals surface area (Å²) in [6.07, 6.45) is 0.304. The summed E-state index contributed by atoms with van der Waals surface area (Å²) in [6, 6.07) is 4.45. The number of piperidine rings is 1. The van der Waals surface area contributed by atoms with Gasteiger partial charge in [0.25, 0.3) is 5.91 Å². The van der Waals surface area contributed by atoms with Crippen LogP contribution in [0, 0.1) is 5.92 Å². The average Bonchev–Trinajstić information content (AvgIpc) is 2.35. The van der Waals surface area contributed by atoms with E-state index in [1.54, 1.807) is 11.0 Å². The lowest BCUT2D eigenvalue weighted by atomic mass is 9.95. The van der Waals surface area contributed by atoms with Crippen LogP contribution in [0.5, 0.6) is 5.75 Å². The zero-order chi connectivity index (χ0) is 13.3. The molecule has 1 aliphatic heterocycles. The summed E-state index contributed by atoms with van der Waals surface area (Å²) in [7, 11) is 0. The van der Waals surface area contributed by atoms with E-state index >= 15 is 0 Å². The number of hydrogen-bond acceptors (Lipinski definition) is 4. The minimum absolute atomic E-state index is 0.0909. The van der Waals surface area contributed by atoms with Crippen molar-refractivity contribution in [3.8, 4) is 5.75 Å². The van der Waals surface area contributed by atoms with Crippen molar-refractivity contribution in [2.75, 3.05) is 18.8 Å². The van der Waals surface area contributed by atoms with Crippen LogP contribution < -0.4 is 5.73 Å². The number of carbonyl (C=O) groups excluding carboxylic acids is 1. The predicted octanol–water partition coefficient (Wildman–Crippen LogP) is 0.817. The van der Waals surface area contributed by atoms with Gasteiger partial charge < -0.3 is 20.8 Å². The van der Waals surface area contributed by atoms with Crippen LogP contribution >= 0.6 is 0 Å². The van der Waals surface area contributed by atoms with Crippen LogP contribution in [0.2, 0.25) is 0 Å². The van der Waals surface area contributed by atoms with Crippen molar-refractivity contribution in [2.45, 2.75) is 19.4 Å². The minimum Gasteiger partial charge on any atom is -0.506 e. The zero-order valence-electron chi connectivity index (χ0n) is 10.3. The first-order valence-corrected chi connectivity index (χ1v) is 6.05. The Hall–Kier alpha value is -1.75. The number of β-amino-alcohol motifs (C(OH)–C–C–N with tert-alkyl or cyclic N) is 1. The number of phenolic OH excluding ortho intramolecular Hbond substituents is 1. The van der Waals surface area contributed by atoms with Crippen LogP contribution in [0.1, 0.15) is 23.7 Å². The van der Waals surface area contributed by atoms with Crippen molar-refractivity contribution >= 4 is 11.6 Å². The van der Waals surface area contributed by atoms with Crippen molar-refractivity contribution in [3.05, 3.63) is 23.8 Å². The molecule has 0 radical (unpaired) electrons. The molecule has 1 aromatic rings. The summed E-state index contributed by atoms with van der Waals surface area (Å²) in [5.41, 5.74) is 6.13. The number of benzene rings is 1. The van der Waals surface area contributed by atoms with Crippen molar-refractivity contribution in [3.63, 3.8) is 0 Å². The van der Waals surface area contributed by atoms with E-state index in [9.17, 15) is 15.0 Å². The maximum atomic E-state index is 12.2. The zero-order valence-corrected chi connectivity index (χ0v) is 10.3. The lowest BCUT2D eigenvalue weighted by Crippen LogP contribution is -2.45. The highest BCUT2D eigenvalue weighted by atomic mass is 16.3. The molecule has 2 unspecified atom stereocenters. The number of aromatic hydroxyl groups is 1. The molecule has 0 saturated carbocycles. The number of aliphatic hydroxyl groups is 1. The number of anilines is 1. The van der Waals surface area contributed by atoms with Crippen molar-refractivity contribution < 1.29 is 15.0 Å². The van der Waals surface area contributed by atoms with Crippen LogP contribution in [-0.4, -0.2) is 40.2 Å². The van der Waals surface area contributed by atoms with Gasteiger partial charge in [0, 0.05) is 18.7 Å². The van der Waals surface area contributed by atoms with Gasteiger partial charge in [-0.05, 0) is 30.5 Å². The monoisotopic (exact) mass is 250 g/mol. The third-order valence-electron chi connectivity index (χ3n) is 3.48. The molecule has 2 rings (SSSR count). The lowest BCUT2D eigenvalue weighted by molar-refractivity contribution is 0.0248. The highest BCUT2D eigenvalue weighted by Gasteiger charge is 2.27. The molecule has 5 heteroatoms. The Morgan fingerprint density at radius 3 is 2.83 bits per heavy atom. The first kappa shape index (κ1) is 12.7. The molecule has 0 aliphatic carbocycles. The van der Waals surface area contributed by atoms with Crippen LogP contribution in [0.3, 0.4) is 0 Å². The first-order chi connectivity index (χ1) is 8.49. The molecule has 0 aromatic heterocycles. The fraction of sp³-hybridized carbons (Fsp3) is 0.462. The maximum Gasteiger partial charge on any atom is 0.254 e. The number of nitrogens with two attached hydrogens (primary N) is 1. The van der Waals surface area contributed by atoms with Gasteiger partial charge in [0.15, 0.2) is 0 Å². The second-order valence-electron chi connectivity index (χ2n) is 4.86. The summed E-state index contributed by atoms with van der Waals surface area (Å²) in [6.45, 7) is 2.94. The van der Waals surface area contributed by atoms with Crippen LogP contribution in [0.4, 0.5) is 5.69 Å². The van der Waals surface area contributed by atoms with E-state index in [0.717, 1.165) is 6.42 Å². The van der Waals surface area contributed by atoms with Gasteiger partial charge >= 0.3 is 0 Å². The van der Waals surface area contributed by atoms with Gasteiger partial charge in [0.05, 0.1) is 11.8 Å². The normalized spacial score (nSPS) is 24.0. The SMILES string of the molecule is CC1CCN(C(=O)c2ccc(N)c(O)c2)CC1O. The first-order valence-electron chi connectivity index (χ1n) is 6.05. The number of amides is 1. The quantitative estimate of drug-likeness (QED) is 0.508. The lowest BCUT2D eigenvalue weighted by Gasteiger charge is -2.34. The molecule has 1 saturated heterocycles. The molecule has 1 aliphatic rings. The molecular formula is C13H18N2O3. The van der Waals surface area contributed by atoms with Gasteiger partial charge in [0.2, 0.25) is 0 Å². The fourth-order valence-corrected chi connectivity index (χ4v) is 2.09. The van der Waals surface area contributed by atoms with E-state index in [0.29, 0.717) is 18.7 Å². The Bertz CT molecular complexity index is 462. The molecular weight excluding hydrogens is 232 g/mol. The number of nitrogens with zero attached hydrogens (tertiary/aromatic N) is 1. The fourth-order valence-electron chi connectivity index (χ4n) is 2.09. The molecule has 18 heavy (non-hydrogen) atoms. The van der Waals surface area contributed by atoms with Crippen LogP contribution in [0.15, 0.2) is 18.2 Å². The van der Waals surface area contributed by atoms with Gasteiger partial charge in [-0.3, -0.25) is 4.79 Å². The number of aliphatic hydroxyl groups excluding tert-OH is 1. The van der Waals surface area contributed by atoms with E-state index in [2.05, 4.69) is 0 Å². The molecule has 0 bridgehead atoms. The van der Waals surface area contributed by atoms with Crippen molar-refractivity contribution in [2.24, 2.45) is 5.92 Å². The largest absolute Gasteiger partial charge is 0.506 e. The highest BCUT2D eigenvalue weighted by molar-refractivity contribution is 5.95. The number of likely N-dealkylation sites (tertiary alicyclic amines) is 1. The number of phenols is 1. The molecule has 1 amide bonds. The number of rotatable bonds is 1. The highest BCUT2D eigenvalue weighted by Crippen LogP contribution is 2.23. The van der Waals surface area contributed by atoms with Crippen LogP contribution in [0.25, 0.3) is 0 Å². The summed E-state index contributed by atoms with van der Waals surface area (Å²) in [4.78, 5) is 13.8. The van der Waals surface area contributed by atoms with Gasteiger partial charge in [-0.15, -0.1) is 0 Å².